The van der Waals surface area contributed by atoms with Crippen LogP contribution in [0.3, 0.4) is 0 Å². The Morgan fingerprint density at radius 1 is 1.16 bits per heavy atom. The Hall–Kier alpha value is -1.02. The van der Waals surface area contributed by atoms with Gasteiger partial charge in [0.1, 0.15) is 0 Å². The molecule has 0 bridgehead atoms. The molecule has 0 aliphatic heterocycles. The van der Waals surface area contributed by atoms with E-state index in [1.807, 2.05) is 37.3 Å². The number of aliphatic hydroxyl groups excluding tert-OH is 1. The monoisotopic (exact) mass is 493 g/mol. The normalized spacial score (nSPS) is 12.4. The van der Waals surface area contributed by atoms with Gasteiger partial charge in [-0.3, -0.25) is 4.99 Å². The molecule has 0 aromatic heterocycles. The summed E-state index contributed by atoms with van der Waals surface area (Å²) in [5, 5.41) is 13.4. The lowest BCUT2D eigenvalue weighted by Crippen LogP contribution is -2.34. The highest BCUT2D eigenvalue weighted by Crippen LogP contribution is 2.25. The summed E-state index contributed by atoms with van der Waals surface area (Å²) < 4.78 is 0. The van der Waals surface area contributed by atoms with Crippen LogP contribution in [0.4, 0.5) is 0 Å². The minimum atomic E-state index is -0.0673. The number of nitrogens with two attached hydrogens (primary N) is 1. The highest BCUT2D eigenvalue weighted by molar-refractivity contribution is 14.0. The van der Waals surface area contributed by atoms with E-state index in [0.29, 0.717) is 22.5 Å². The lowest BCUT2D eigenvalue weighted by atomic mass is 10.1. The minimum absolute atomic E-state index is 0. The second kappa shape index (κ2) is 10.9. The van der Waals surface area contributed by atoms with E-state index in [9.17, 15) is 0 Å². The van der Waals surface area contributed by atoms with Crippen molar-refractivity contribution in [1.82, 2.24) is 5.32 Å². The van der Waals surface area contributed by atoms with Crippen molar-refractivity contribution in [3.63, 3.8) is 0 Å². The largest absolute Gasteiger partial charge is 0.392 e. The number of aliphatic imine (C=N–C) groups is 1. The molecule has 4 nitrogen and oxygen atoms in total. The molecule has 0 radical (unpaired) electrons. The van der Waals surface area contributed by atoms with Crippen LogP contribution in [0.15, 0.2) is 47.5 Å². The molecule has 0 amide bonds. The third-order valence-electron chi connectivity index (χ3n) is 3.68. The minimum Gasteiger partial charge on any atom is -0.392 e. The number of halogens is 3. The third-order valence-corrected chi connectivity index (χ3v) is 4.24. The lowest BCUT2D eigenvalue weighted by Gasteiger charge is -2.16. The summed E-state index contributed by atoms with van der Waals surface area (Å²) in [5.41, 5.74) is 8.90. The number of rotatable bonds is 6. The van der Waals surface area contributed by atoms with Crippen molar-refractivity contribution < 1.29 is 5.11 Å². The maximum atomic E-state index is 9.03. The Labute approximate surface area is 175 Å². The van der Waals surface area contributed by atoms with E-state index in [0.717, 1.165) is 23.1 Å². The van der Waals surface area contributed by atoms with Crippen LogP contribution in [0, 0.1) is 0 Å². The van der Waals surface area contributed by atoms with Crippen molar-refractivity contribution in [3.05, 3.63) is 69.2 Å². The van der Waals surface area contributed by atoms with Crippen LogP contribution in [0.1, 0.15) is 29.7 Å². The molecule has 4 N–H and O–H groups in total. The molecule has 0 saturated heterocycles. The van der Waals surface area contributed by atoms with Gasteiger partial charge < -0.3 is 16.2 Å². The van der Waals surface area contributed by atoms with Gasteiger partial charge in [0.15, 0.2) is 5.96 Å². The first-order valence-corrected chi connectivity index (χ1v) is 8.45. The molecule has 0 aliphatic rings. The van der Waals surface area contributed by atoms with Gasteiger partial charge >= 0.3 is 0 Å². The van der Waals surface area contributed by atoms with E-state index in [-0.39, 0.29) is 36.6 Å². The Kier molecular flexibility index (Phi) is 9.56. The fourth-order valence-corrected chi connectivity index (χ4v) is 2.89. The number of guanidine groups is 1. The molecule has 0 heterocycles. The summed E-state index contributed by atoms with van der Waals surface area (Å²) in [6.45, 7) is 2.60. The van der Waals surface area contributed by atoms with E-state index >= 15 is 0 Å². The number of hydrogen-bond donors (Lipinski definition) is 3. The summed E-state index contributed by atoms with van der Waals surface area (Å²) in [4.78, 5) is 4.34. The van der Waals surface area contributed by atoms with Crippen LogP contribution in [0.5, 0.6) is 0 Å². The smallest absolute Gasteiger partial charge is 0.189 e. The van der Waals surface area contributed by atoms with Crippen LogP contribution in [-0.2, 0) is 13.0 Å². The van der Waals surface area contributed by atoms with Crippen molar-refractivity contribution >= 4 is 53.1 Å². The lowest BCUT2D eigenvalue weighted by molar-refractivity contribution is 0.282. The van der Waals surface area contributed by atoms with Crippen molar-refractivity contribution in [2.45, 2.75) is 26.0 Å². The molecule has 1 unspecified atom stereocenters. The molecule has 136 valence electrons. The van der Waals surface area contributed by atoms with Gasteiger partial charge in [0.25, 0.3) is 0 Å². The third kappa shape index (κ3) is 7.01. The van der Waals surface area contributed by atoms with Gasteiger partial charge in [-0.15, -0.1) is 24.0 Å². The fourth-order valence-electron chi connectivity index (χ4n) is 2.31. The first kappa shape index (κ1) is 22.0. The van der Waals surface area contributed by atoms with Crippen LogP contribution in [-0.4, -0.2) is 17.6 Å². The molecule has 1 atom stereocenters. The molecule has 25 heavy (non-hydrogen) atoms. The van der Waals surface area contributed by atoms with Gasteiger partial charge in [0.05, 0.1) is 12.6 Å². The van der Waals surface area contributed by atoms with Gasteiger partial charge in [-0.2, -0.15) is 0 Å². The zero-order valence-electron chi connectivity index (χ0n) is 13.9. The maximum Gasteiger partial charge on any atom is 0.189 e. The number of hydrogen-bond acceptors (Lipinski definition) is 2. The second-order valence-corrected chi connectivity index (χ2v) is 6.37. The van der Waals surface area contributed by atoms with Gasteiger partial charge in [0, 0.05) is 16.6 Å². The average Bonchev–Trinajstić information content (AvgIpc) is 2.55. The van der Waals surface area contributed by atoms with E-state index < -0.39 is 0 Å². The highest BCUT2D eigenvalue weighted by Gasteiger charge is 2.10. The van der Waals surface area contributed by atoms with Gasteiger partial charge in [-0.1, -0.05) is 53.5 Å². The predicted molar refractivity (Wildman–Crippen MR) is 116 cm³/mol. The fraction of sp³-hybridized carbons (Fsp3) is 0.278. The molecule has 0 aliphatic carbocycles. The molecule has 0 fully saturated rings. The molecule has 2 aromatic rings. The molecular weight excluding hydrogens is 472 g/mol. The van der Waals surface area contributed by atoms with Crippen LogP contribution in [0.2, 0.25) is 10.0 Å². The number of nitrogens with one attached hydrogen (secondary N) is 1. The van der Waals surface area contributed by atoms with E-state index in [4.69, 9.17) is 34.0 Å². The van der Waals surface area contributed by atoms with Crippen molar-refractivity contribution in [1.29, 1.82) is 0 Å². The molecule has 7 heteroatoms. The molecule has 0 saturated carbocycles. The van der Waals surface area contributed by atoms with E-state index in [1.54, 1.807) is 12.1 Å². The molecule has 0 spiro atoms. The SMILES string of the molecule is CC(NC(N)=NCCc1ccc(CO)cc1)c1ccc(Cl)cc1Cl.I. The second-order valence-electron chi connectivity index (χ2n) is 5.52. The summed E-state index contributed by atoms with van der Waals surface area (Å²) in [5.74, 6) is 0.375. The standard InChI is InChI=1S/C18H21Cl2N3O.HI/c1-12(16-7-6-15(19)10-17(16)20)23-18(21)22-9-8-13-2-4-14(11-24)5-3-13;/h2-7,10,12,24H,8-9,11H2,1H3,(H3,21,22,23);1H. The molecule has 2 rings (SSSR count). The number of aliphatic hydroxyl groups is 1. The first-order chi connectivity index (χ1) is 11.5. The Morgan fingerprint density at radius 2 is 1.80 bits per heavy atom. The zero-order chi connectivity index (χ0) is 17.5. The van der Waals surface area contributed by atoms with Crippen LogP contribution in [0.25, 0.3) is 0 Å². The van der Waals surface area contributed by atoms with Crippen LogP contribution >= 0.6 is 47.2 Å². The Morgan fingerprint density at radius 3 is 2.40 bits per heavy atom. The number of benzene rings is 2. The van der Waals surface area contributed by atoms with Crippen molar-refractivity contribution in [3.8, 4) is 0 Å². The molecular formula is C18H22Cl2IN3O. The van der Waals surface area contributed by atoms with Gasteiger partial charge in [0.2, 0.25) is 0 Å². The van der Waals surface area contributed by atoms with Crippen molar-refractivity contribution in [2.75, 3.05) is 6.54 Å². The Bertz CT molecular complexity index is 708. The first-order valence-electron chi connectivity index (χ1n) is 7.69. The molecule has 2 aromatic carbocycles. The van der Waals surface area contributed by atoms with Crippen LogP contribution < -0.4 is 11.1 Å². The quantitative estimate of drug-likeness (QED) is 0.319. The summed E-state index contributed by atoms with van der Waals surface area (Å²) in [6, 6.07) is 13.1. The maximum absolute atomic E-state index is 9.03. The average molecular weight is 494 g/mol. The van der Waals surface area contributed by atoms with E-state index in [2.05, 4.69) is 10.3 Å². The van der Waals surface area contributed by atoms with E-state index in [1.165, 1.54) is 0 Å². The van der Waals surface area contributed by atoms with Gasteiger partial charge in [-0.05, 0) is 42.2 Å². The topological polar surface area (TPSA) is 70.6 Å². The van der Waals surface area contributed by atoms with Gasteiger partial charge in [-0.25, -0.2) is 0 Å². The van der Waals surface area contributed by atoms with Crippen molar-refractivity contribution in [2.24, 2.45) is 10.7 Å². The summed E-state index contributed by atoms with van der Waals surface area (Å²) in [7, 11) is 0. The highest BCUT2D eigenvalue weighted by atomic mass is 127. The number of nitrogens with zero attached hydrogens (tertiary/aromatic N) is 1. The summed E-state index contributed by atoms with van der Waals surface area (Å²) in [6.07, 6.45) is 0.782. The summed E-state index contributed by atoms with van der Waals surface area (Å²) >= 11 is 12.1. The predicted octanol–water partition coefficient (Wildman–Crippen LogP) is 4.31. The zero-order valence-corrected chi connectivity index (χ0v) is 17.7. The Balaban J connectivity index is 0.00000312.